The van der Waals surface area contributed by atoms with Crippen LogP contribution in [0.2, 0.25) is 0 Å². The number of aliphatic hydroxyl groups excluding tert-OH is 1. The van der Waals surface area contributed by atoms with Crippen molar-refractivity contribution in [1.29, 1.82) is 0 Å². The summed E-state index contributed by atoms with van der Waals surface area (Å²) in [5.41, 5.74) is -0.403. The molecule has 0 atom stereocenters. The van der Waals surface area contributed by atoms with Gasteiger partial charge in [0, 0.05) is 50.4 Å². The van der Waals surface area contributed by atoms with Crippen LogP contribution in [0.5, 0.6) is 5.75 Å². The number of aliphatic hydroxyl groups is 1. The van der Waals surface area contributed by atoms with Gasteiger partial charge in [0.1, 0.15) is 24.0 Å². The fourth-order valence-corrected chi connectivity index (χ4v) is 3.65. The molecule has 0 saturated carbocycles. The second-order valence-corrected chi connectivity index (χ2v) is 6.85. The molecular weight excluding hydrogens is 346 g/mol. The van der Waals surface area contributed by atoms with E-state index < -0.39 is 23.8 Å². The number of ether oxygens (including phenoxy) is 2. The predicted molar refractivity (Wildman–Crippen MR) is 89.8 cm³/mol. The van der Waals surface area contributed by atoms with Crippen LogP contribution in [0, 0.1) is 11.6 Å². The Labute approximate surface area is 151 Å². The number of hydrogen-bond acceptors (Lipinski definition) is 5. The highest BCUT2D eigenvalue weighted by molar-refractivity contribution is 5.77. The van der Waals surface area contributed by atoms with Crippen LogP contribution < -0.4 is 4.74 Å². The molecule has 0 unspecified atom stereocenters. The lowest BCUT2D eigenvalue weighted by Gasteiger charge is -2.47. The van der Waals surface area contributed by atoms with Crippen molar-refractivity contribution in [2.45, 2.75) is 25.0 Å². The summed E-state index contributed by atoms with van der Waals surface area (Å²) in [5, 5.41) is 9.05. The molecule has 2 heterocycles. The zero-order chi connectivity index (χ0) is 18.7. The summed E-state index contributed by atoms with van der Waals surface area (Å²) in [4.78, 5) is 15.4. The number of likely N-dealkylation sites (tertiary alicyclic amines) is 1. The molecule has 0 aromatic heterocycles. The van der Waals surface area contributed by atoms with Gasteiger partial charge in [-0.2, -0.15) is 0 Å². The van der Waals surface area contributed by atoms with E-state index in [2.05, 4.69) is 0 Å². The van der Waals surface area contributed by atoms with Crippen molar-refractivity contribution in [1.82, 2.24) is 9.80 Å². The third kappa shape index (κ3) is 3.97. The third-order valence-electron chi connectivity index (χ3n) is 5.24. The molecule has 26 heavy (non-hydrogen) atoms. The fraction of sp³-hybridized carbons (Fsp3) is 0.611. The van der Waals surface area contributed by atoms with Crippen molar-refractivity contribution >= 4 is 5.91 Å². The van der Waals surface area contributed by atoms with Gasteiger partial charge in [0.05, 0.1) is 19.3 Å². The average Bonchev–Trinajstić information content (AvgIpc) is 2.65. The van der Waals surface area contributed by atoms with Crippen molar-refractivity contribution in [3.8, 4) is 5.75 Å². The minimum absolute atomic E-state index is 0.0309. The van der Waals surface area contributed by atoms with Crippen molar-refractivity contribution in [2.24, 2.45) is 0 Å². The van der Waals surface area contributed by atoms with E-state index in [-0.39, 0.29) is 23.8 Å². The van der Waals surface area contributed by atoms with Gasteiger partial charge in [0.15, 0.2) is 0 Å². The molecule has 0 aliphatic carbocycles. The van der Waals surface area contributed by atoms with E-state index >= 15 is 0 Å². The Morgan fingerprint density at radius 1 is 1.27 bits per heavy atom. The zero-order valence-electron chi connectivity index (χ0n) is 14.8. The van der Waals surface area contributed by atoms with E-state index in [1.165, 1.54) is 19.2 Å². The number of benzene rings is 1. The molecule has 0 bridgehead atoms. The Morgan fingerprint density at radius 2 is 1.92 bits per heavy atom. The predicted octanol–water partition coefficient (Wildman–Crippen LogP) is 1.16. The van der Waals surface area contributed by atoms with E-state index in [0.29, 0.717) is 45.6 Å². The van der Waals surface area contributed by atoms with E-state index in [0.717, 1.165) is 0 Å². The van der Waals surface area contributed by atoms with Crippen LogP contribution in [0.4, 0.5) is 8.78 Å². The number of hydrogen-bond donors (Lipinski definition) is 1. The monoisotopic (exact) mass is 370 g/mol. The van der Waals surface area contributed by atoms with Crippen molar-refractivity contribution in [3.05, 3.63) is 29.3 Å². The van der Waals surface area contributed by atoms with Crippen LogP contribution >= 0.6 is 0 Å². The van der Waals surface area contributed by atoms with Crippen LogP contribution in [-0.2, 0) is 16.1 Å². The van der Waals surface area contributed by atoms with Crippen LogP contribution in [0.25, 0.3) is 0 Å². The minimum atomic E-state index is -0.615. The molecule has 1 amide bonds. The summed E-state index contributed by atoms with van der Waals surface area (Å²) in [6.45, 7) is 2.28. The first-order valence-electron chi connectivity index (χ1n) is 8.73. The molecule has 1 spiro atoms. The third-order valence-corrected chi connectivity index (χ3v) is 5.24. The van der Waals surface area contributed by atoms with Gasteiger partial charge in [0.25, 0.3) is 0 Å². The van der Waals surface area contributed by atoms with Gasteiger partial charge in [-0.15, -0.1) is 0 Å². The Kier molecular flexibility index (Phi) is 5.74. The number of piperidine rings is 1. The molecule has 1 aromatic rings. The molecule has 2 saturated heterocycles. The smallest absolute Gasteiger partial charge is 0.248 e. The molecule has 2 fully saturated rings. The van der Waals surface area contributed by atoms with E-state index in [1.807, 2.05) is 4.90 Å². The normalized spacial score (nSPS) is 20.4. The van der Waals surface area contributed by atoms with Crippen LogP contribution in [-0.4, -0.2) is 72.9 Å². The van der Waals surface area contributed by atoms with Gasteiger partial charge in [0.2, 0.25) is 5.91 Å². The van der Waals surface area contributed by atoms with Crippen molar-refractivity contribution in [3.63, 3.8) is 0 Å². The summed E-state index contributed by atoms with van der Waals surface area (Å²) in [5.74, 6) is -1.37. The molecule has 6 nitrogen and oxygen atoms in total. The summed E-state index contributed by atoms with van der Waals surface area (Å²) >= 11 is 0. The van der Waals surface area contributed by atoms with Gasteiger partial charge in [-0.25, -0.2) is 8.78 Å². The summed E-state index contributed by atoms with van der Waals surface area (Å²) in [6.07, 6.45) is 1.34. The number of carbonyl (C=O) groups is 1. The molecule has 144 valence electrons. The first kappa shape index (κ1) is 19.0. The molecule has 1 aromatic carbocycles. The topological polar surface area (TPSA) is 62.2 Å². The largest absolute Gasteiger partial charge is 0.497 e. The molecule has 2 aliphatic heterocycles. The maximum absolute atomic E-state index is 14.1. The zero-order valence-corrected chi connectivity index (χ0v) is 14.8. The fourth-order valence-electron chi connectivity index (χ4n) is 3.65. The van der Waals surface area contributed by atoms with Crippen molar-refractivity contribution < 1.29 is 28.2 Å². The highest BCUT2D eigenvalue weighted by Crippen LogP contribution is 2.31. The highest BCUT2D eigenvalue weighted by atomic mass is 19.1. The Hall–Kier alpha value is -1.77. The standard InChI is InChI=1S/C18H24F2N2O4/c1-25-13-8-15(19)14(16(20)9-13)10-21-4-2-18(3-5-21)12-22(6-7-26-18)17(24)11-23/h8-9,23H,2-7,10-12H2,1H3. The lowest BCUT2D eigenvalue weighted by atomic mass is 9.89. The maximum atomic E-state index is 14.1. The van der Waals surface area contributed by atoms with Gasteiger partial charge >= 0.3 is 0 Å². The molecular formula is C18H24F2N2O4. The molecule has 8 heteroatoms. The molecule has 1 N–H and O–H groups in total. The van der Waals surface area contributed by atoms with E-state index in [9.17, 15) is 13.6 Å². The van der Waals surface area contributed by atoms with Crippen LogP contribution in [0.3, 0.4) is 0 Å². The summed E-state index contributed by atoms with van der Waals surface area (Å²) in [7, 11) is 1.37. The lowest BCUT2D eigenvalue weighted by molar-refractivity contribution is -0.161. The van der Waals surface area contributed by atoms with E-state index in [1.54, 1.807) is 4.90 Å². The van der Waals surface area contributed by atoms with E-state index in [4.69, 9.17) is 14.6 Å². The SMILES string of the molecule is COc1cc(F)c(CN2CCC3(CC2)CN(C(=O)CO)CCO3)c(F)c1. The first-order chi connectivity index (χ1) is 12.5. The Morgan fingerprint density at radius 3 is 2.50 bits per heavy atom. The maximum Gasteiger partial charge on any atom is 0.248 e. The number of rotatable bonds is 4. The molecule has 3 rings (SSSR count). The van der Waals surface area contributed by atoms with Gasteiger partial charge < -0.3 is 19.5 Å². The second-order valence-electron chi connectivity index (χ2n) is 6.85. The van der Waals surface area contributed by atoms with Gasteiger partial charge in [-0.3, -0.25) is 9.69 Å². The summed E-state index contributed by atoms with van der Waals surface area (Å²) in [6, 6.07) is 2.37. The van der Waals surface area contributed by atoms with Gasteiger partial charge in [-0.05, 0) is 12.8 Å². The number of nitrogens with zero attached hydrogens (tertiary/aromatic N) is 2. The highest BCUT2D eigenvalue weighted by Gasteiger charge is 2.41. The lowest BCUT2D eigenvalue weighted by Crippen LogP contribution is -2.58. The number of carbonyl (C=O) groups excluding carboxylic acids is 1. The average molecular weight is 370 g/mol. The quantitative estimate of drug-likeness (QED) is 0.862. The Balaban J connectivity index is 1.61. The van der Waals surface area contributed by atoms with Gasteiger partial charge in [-0.1, -0.05) is 0 Å². The van der Waals surface area contributed by atoms with Crippen LogP contribution in [0.15, 0.2) is 12.1 Å². The molecule has 2 aliphatic rings. The summed E-state index contributed by atoms with van der Waals surface area (Å²) < 4.78 is 39.1. The number of amides is 1. The second kappa shape index (κ2) is 7.85. The number of halogens is 2. The minimum Gasteiger partial charge on any atom is -0.497 e. The number of morpholine rings is 1. The number of methoxy groups -OCH3 is 1. The van der Waals surface area contributed by atoms with Crippen molar-refractivity contribution in [2.75, 3.05) is 46.5 Å². The first-order valence-corrected chi connectivity index (χ1v) is 8.73. The van der Waals surface area contributed by atoms with Crippen LogP contribution in [0.1, 0.15) is 18.4 Å². The Bertz CT molecular complexity index is 640. The molecule has 0 radical (unpaired) electrons.